The molecule has 0 bridgehead atoms. The fourth-order valence-corrected chi connectivity index (χ4v) is 3.86. The van der Waals surface area contributed by atoms with Crippen molar-refractivity contribution in [3.05, 3.63) is 107 Å². The van der Waals surface area contributed by atoms with E-state index in [-0.39, 0.29) is 6.61 Å². The number of rotatable bonds is 7. The van der Waals surface area contributed by atoms with Crippen LogP contribution in [0.1, 0.15) is 42.3 Å². The number of para-hydroxylation sites is 1. The number of ether oxygens (including phenoxy) is 1. The van der Waals surface area contributed by atoms with Crippen LogP contribution in [0, 0.1) is 22.7 Å². The molecule has 0 fully saturated rings. The molecule has 1 atom stereocenters. The minimum Gasteiger partial charge on any atom is -0.363 e. The fraction of sp³-hybridized carbons (Fsp3) is 0.138. The Kier molecular flexibility index (Phi) is 7.37. The van der Waals surface area contributed by atoms with Crippen molar-refractivity contribution in [3.63, 3.8) is 0 Å². The lowest BCUT2D eigenvalue weighted by Gasteiger charge is -2.20. The maximum Gasteiger partial charge on any atom is 0.106 e. The molecule has 0 aliphatic rings. The lowest BCUT2D eigenvalue weighted by atomic mass is 9.93. The minimum atomic E-state index is -0.412. The number of benzene rings is 2. The van der Waals surface area contributed by atoms with Gasteiger partial charge in [-0.2, -0.15) is 10.5 Å². The summed E-state index contributed by atoms with van der Waals surface area (Å²) in [6, 6.07) is 23.5. The molecular weight excluding hydrogens is 434 g/mol. The van der Waals surface area contributed by atoms with E-state index in [1.807, 2.05) is 62.4 Å². The standard InChI is InChI=1S/C29H23N5O/c1-3-32-17-20(2)29(35-19-25-12-9-21(15-30)18-34-25)23-10-11-24(16-31)27(14-23)26-8-4-6-22-7-5-13-33-28(22)26/h3-14,17-18,29H,19H2,1-2H3/b20-17+,32-3?. The summed E-state index contributed by atoms with van der Waals surface area (Å²) in [6.45, 7) is 4.07. The van der Waals surface area contributed by atoms with E-state index in [0.717, 1.165) is 33.2 Å². The van der Waals surface area contributed by atoms with Crippen molar-refractivity contribution in [3.8, 4) is 23.3 Å². The average Bonchev–Trinajstić information content (AvgIpc) is 2.92. The van der Waals surface area contributed by atoms with Gasteiger partial charge in [-0.15, -0.1) is 0 Å². The zero-order valence-corrected chi connectivity index (χ0v) is 19.5. The third-order valence-corrected chi connectivity index (χ3v) is 5.58. The second-order valence-corrected chi connectivity index (χ2v) is 7.92. The Hall–Kier alpha value is -4.65. The van der Waals surface area contributed by atoms with Gasteiger partial charge in [-0.05, 0) is 55.3 Å². The van der Waals surface area contributed by atoms with Gasteiger partial charge in [0.1, 0.15) is 12.2 Å². The van der Waals surface area contributed by atoms with Crippen molar-refractivity contribution in [1.29, 1.82) is 10.5 Å². The molecule has 4 rings (SSSR count). The number of hydrogen-bond acceptors (Lipinski definition) is 6. The number of nitrogens with zero attached hydrogens (tertiary/aromatic N) is 5. The molecule has 0 radical (unpaired) electrons. The van der Waals surface area contributed by atoms with Crippen LogP contribution in [0.25, 0.3) is 22.0 Å². The molecule has 0 aliphatic carbocycles. The monoisotopic (exact) mass is 457 g/mol. The van der Waals surface area contributed by atoms with E-state index in [1.165, 1.54) is 6.20 Å². The summed E-state index contributed by atoms with van der Waals surface area (Å²) in [5.41, 5.74) is 6.10. The van der Waals surface area contributed by atoms with Crippen LogP contribution in [0.4, 0.5) is 0 Å². The zero-order chi connectivity index (χ0) is 24.6. The molecule has 0 aliphatic heterocycles. The second-order valence-electron chi connectivity index (χ2n) is 7.92. The molecule has 2 aromatic carbocycles. The molecule has 35 heavy (non-hydrogen) atoms. The Morgan fingerprint density at radius 2 is 1.89 bits per heavy atom. The summed E-state index contributed by atoms with van der Waals surface area (Å²) >= 11 is 0. The van der Waals surface area contributed by atoms with E-state index in [9.17, 15) is 5.26 Å². The Morgan fingerprint density at radius 1 is 1.03 bits per heavy atom. The van der Waals surface area contributed by atoms with Gasteiger partial charge < -0.3 is 4.74 Å². The molecule has 4 aromatic rings. The molecular formula is C29H23N5O. The summed E-state index contributed by atoms with van der Waals surface area (Å²) in [4.78, 5) is 13.2. The predicted octanol–water partition coefficient (Wildman–Crippen LogP) is 6.29. The van der Waals surface area contributed by atoms with Gasteiger partial charge >= 0.3 is 0 Å². The van der Waals surface area contributed by atoms with Gasteiger partial charge in [-0.3, -0.25) is 15.0 Å². The second kappa shape index (κ2) is 11.0. The summed E-state index contributed by atoms with van der Waals surface area (Å²) in [6.07, 6.45) is 6.37. The molecule has 0 saturated heterocycles. The van der Waals surface area contributed by atoms with Crippen LogP contribution in [0.15, 0.2) is 89.8 Å². The number of fused-ring (bicyclic) bond motifs is 1. The van der Waals surface area contributed by atoms with E-state index in [0.29, 0.717) is 16.8 Å². The number of pyridine rings is 2. The summed E-state index contributed by atoms with van der Waals surface area (Å²) < 4.78 is 6.31. The first-order chi connectivity index (χ1) is 17.1. The number of nitriles is 2. The molecule has 1 unspecified atom stereocenters. The van der Waals surface area contributed by atoms with Gasteiger partial charge in [0.25, 0.3) is 0 Å². The van der Waals surface area contributed by atoms with Crippen molar-refractivity contribution < 1.29 is 4.74 Å². The molecule has 0 saturated carbocycles. The summed E-state index contributed by atoms with van der Waals surface area (Å²) in [5.74, 6) is 0. The van der Waals surface area contributed by atoms with Crippen LogP contribution in [0.2, 0.25) is 0 Å². The molecule has 0 amide bonds. The normalized spacial score (nSPS) is 12.4. The maximum absolute atomic E-state index is 9.84. The average molecular weight is 458 g/mol. The minimum absolute atomic E-state index is 0.253. The van der Waals surface area contributed by atoms with Gasteiger partial charge in [0, 0.05) is 41.3 Å². The van der Waals surface area contributed by atoms with Crippen molar-refractivity contribution >= 4 is 17.1 Å². The lowest BCUT2D eigenvalue weighted by Crippen LogP contribution is -2.08. The van der Waals surface area contributed by atoms with Crippen LogP contribution in [-0.4, -0.2) is 16.2 Å². The molecule has 0 spiro atoms. The molecule has 6 heteroatoms. The predicted molar refractivity (Wildman–Crippen MR) is 136 cm³/mol. The zero-order valence-electron chi connectivity index (χ0n) is 19.5. The van der Waals surface area contributed by atoms with E-state index in [1.54, 1.807) is 30.7 Å². The van der Waals surface area contributed by atoms with Crippen molar-refractivity contribution in [1.82, 2.24) is 9.97 Å². The maximum atomic E-state index is 9.84. The first-order valence-corrected chi connectivity index (χ1v) is 11.1. The quantitative estimate of drug-likeness (QED) is 0.304. The van der Waals surface area contributed by atoms with Crippen LogP contribution < -0.4 is 0 Å². The highest BCUT2D eigenvalue weighted by Gasteiger charge is 2.19. The van der Waals surface area contributed by atoms with Crippen LogP contribution in [-0.2, 0) is 11.3 Å². The number of aliphatic imine (C=N–C) groups is 1. The van der Waals surface area contributed by atoms with E-state index >= 15 is 0 Å². The Morgan fingerprint density at radius 3 is 2.63 bits per heavy atom. The smallest absolute Gasteiger partial charge is 0.106 e. The largest absolute Gasteiger partial charge is 0.363 e. The Labute approximate surface area is 204 Å². The van der Waals surface area contributed by atoms with Gasteiger partial charge in [0.05, 0.1) is 35.0 Å². The highest BCUT2D eigenvalue weighted by atomic mass is 16.5. The molecule has 0 N–H and O–H groups in total. The van der Waals surface area contributed by atoms with Crippen LogP contribution in [0.5, 0.6) is 0 Å². The highest BCUT2D eigenvalue weighted by molar-refractivity contribution is 5.95. The first-order valence-electron chi connectivity index (χ1n) is 11.1. The SMILES string of the molecule is CC=N/C=C(\C)C(OCc1ccc(C#N)cn1)c1ccc(C#N)c(-c2cccc3cccnc23)c1. The van der Waals surface area contributed by atoms with Crippen LogP contribution >= 0.6 is 0 Å². The molecule has 2 heterocycles. The van der Waals surface area contributed by atoms with Crippen LogP contribution in [0.3, 0.4) is 0 Å². The van der Waals surface area contributed by atoms with E-state index < -0.39 is 6.10 Å². The first kappa shape index (κ1) is 23.5. The van der Waals surface area contributed by atoms with Gasteiger partial charge in [0.2, 0.25) is 0 Å². The molecule has 6 nitrogen and oxygen atoms in total. The van der Waals surface area contributed by atoms with Gasteiger partial charge in [-0.25, -0.2) is 0 Å². The summed E-state index contributed by atoms with van der Waals surface area (Å²) in [7, 11) is 0. The molecule has 2 aromatic heterocycles. The third kappa shape index (κ3) is 5.30. The number of aromatic nitrogens is 2. The lowest BCUT2D eigenvalue weighted by molar-refractivity contribution is 0.0618. The van der Waals surface area contributed by atoms with Gasteiger partial charge in [-0.1, -0.05) is 30.3 Å². The van der Waals surface area contributed by atoms with Crippen molar-refractivity contribution in [2.24, 2.45) is 4.99 Å². The Balaban J connectivity index is 1.77. The Bertz CT molecular complexity index is 1490. The highest BCUT2D eigenvalue weighted by Crippen LogP contribution is 2.34. The third-order valence-electron chi connectivity index (χ3n) is 5.58. The molecule has 170 valence electrons. The van der Waals surface area contributed by atoms with E-state index in [2.05, 4.69) is 27.1 Å². The summed E-state index contributed by atoms with van der Waals surface area (Å²) in [5, 5.41) is 19.9. The van der Waals surface area contributed by atoms with Crippen molar-refractivity contribution in [2.45, 2.75) is 26.6 Å². The fourth-order valence-electron chi connectivity index (χ4n) is 3.86. The van der Waals surface area contributed by atoms with Crippen molar-refractivity contribution in [2.75, 3.05) is 0 Å². The topological polar surface area (TPSA) is 95.0 Å². The number of hydrogen-bond donors (Lipinski definition) is 0. The van der Waals surface area contributed by atoms with Gasteiger partial charge in [0.15, 0.2) is 0 Å². The van der Waals surface area contributed by atoms with E-state index in [4.69, 9.17) is 10.00 Å².